The number of carboxylic acid groups (broad SMARTS) is 1. The molecule has 0 saturated carbocycles. The van der Waals surface area contributed by atoms with E-state index in [1.54, 1.807) is 0 Å². The Morgan fingerprint density at radius 3 is 2.32 bits per heavy atom. The van der Waals surface area contributed by atoms with Crippen molar-refractivity contribution in [3.63, 3.8) is 0 Å². The van der Waals surface area contributed by atoms with Crippen LogP contribution in [0.15, 0.2) is 0 Å². The molecule has 0 aromatic carbocycles. The Labute approximate surface area is 112 Å². The van der Waals surface area contributed by atoms with E-state index < -0.39 is 5.97 Å². The van der Waals surface area contributed by atoms with Gasteiger partial charge in [-0.2, -0.15) is 0 Å². The number of ether oxygens (including phenoxy) is 1. The van der Waals surface area contributed by atoms with Crippen molar-refractivity contribution in [1.82, 2.24) is 4.90 Å². The number of rotatable bonds is 7. The van der Waals surface area contributed by atoms with Gasteiger partial charge in [-0.3, -0.25) is 19.3 Å². The summed E-state index contributed by atoms with van der Waals surface area (Å²) in [5.41, 5.74) is 0. The third-order valence-corrected chi connectivity index (χ3v) is 3.45. The van der Waals surface area contributed by atoms with Gasteiger partial charge < -0.3 is 9.84 Å². The van der Waals surface area contributed by atoms with Gasteiger partial charge in [-0.05, 0) is 24.7 Å². The lowest BCUT2D eigenvalue weighted by molar-refractivity contribution is -0.158. The van der Waals surface area contributed by atoms with Crippen LogP contribution in [0.3, 0.4) is 0 Å². The molecule has 0 aromatic heterocycles. The molecule has 1 rings (SSSR count). The maximum Gasteiger partial charge on any atom is 0.303 e. The largest absolute Gasteiger partial charge is 0.481 e. The maximum absolute atomic E-state index is 11.5. The SMILES string of the molecule is CC(C)C(CCC(=O)O)CCN1C(=O)COCC1=O. The first-order valence-electron chi connectivity index (χ1n) is 6.54. The van der Waals surface area contributed by atoms with Crippen LogP contribution in [0.5, 0.6) is 0 Å². The lowest BCUT2D eigenvalue weighted by Crippen LogP contribution is -2.47. The van der Waals surface area contributed by atoms with Crippen molar-refractivity contribution in [2.45, 2.75) is 33.1 Å². The van der Waals surface area contributed by atoms with E-state index in [4.69, 9.17) is 9.84 Å². The molecule has 6 heteroatoms. The second kappa shape index (κ2) is 7.23. The highest BCUT2D eigenvalue weighted by Gasteiger charge is 2.27. The Bertz CT molecular complexity index is 337. The number of carboxylic acids is 1. The Morgan fingerprint density at radius 2 is 1.84 bits per heavy atom. The second-order valence-electron chi connectivity index (χ2n) is 5.16. The van der Waals surface area contributed by atoms with E-state index in [1.165, 1.54) is 4.90 Å². The van der Waals surface area contributed by atoms with Crippen LogP contribution in [-0.2, 0) is 19.1 Å². The molecule has 108 valence electrons. The monoisotopic (exact) mass is 271 g/mol. The third-order valence-electron chi connectivity index (χ3n) is 3.45. The van der Waals surface area contributed by atoms with E-state index in [0.29, 0.717) is 25.3 Å². The van der Waals surface area contributed by atoms with Crippen molar-refractivity contribution < 1.29 is 24.2 Å². The molecule has 1 fully saturated rings. The topological polar surface area (TPSA) is 83.9 Å². The molecule has 2 amide bonds. The first-order chi connectivity index (χ1) is 8.91. The van der Waals surface area contributed by atoms with Gasteiger partial charge in [0.05, 0.1) is 0 Å². The number of carbonyl (C=O) groups excluding carboxylic acids is 2. The van der Waals surface area contributed by atoms with Crippen LogP contribution in [0.1, 0.15) is 33.1 Å². The molecule has 19 heavy (non-hydrogen) atoms. The molecule has 0 radical (unpaired) electrons. The normalized spacial score (nSPS) is 17.9. The van der Waals surface area contributed by atoms with Crippen LogP contribution in [0.25, 0.3) is 0 Å². The van der Waals surface area contributed by atoms with Crippen LogP contribution in [0.2, 0.25) is 0 Å². The summed E-state index contributed by atoms with van der Waals surface area (Å²) in [7, 11) is 0. The summed E-state index contributed by atoms with van der Waals surface area (Å²) in [5, 5.41) is 8.71. The number of hydrogen-bond acceptors (Lipinski definition) is 4. The van der Waals surface area contributed by atoms with Gasteiger partial charge >= 0.3 is 5.97 Å². The van der Waals surface area contributed by atoms with E-state index in [9.17, 15) is 14.4 Å². The van der Waals surface area contributed by atoms with E-state index in [1.807, 2.05) is 13.8 Å². The van der Waals surface area contributed by atoms with E-state index in [0.717, 1.165) is 0 Å². The molecule has 0 aromatic rings. The average molecular weight is 271 g/mol. The van der Waals surface area contributed by atoms with Crippen LogP contribution in [-0.4, -0.2) is 47.5 Å². The first-order valence-corrected chi connectivity index (χ1v) is 6.54. The fourth-order valence-electron chi connectivity index (χ4n) is 2.18. The summed E-state index contributed by atoms with van der Waals surface area (Å²) in [6, 6.07) is 0. The highest BCUT2D eigenvalue weighted by Crippen LogP contribution is 2.22. The maximum atomic E-state index is 11.5. The van der Waals surface area contributed by atoms with Gasteiger partial charge in [-0.1, -0.05) is 13.8 Å². The zero-order valence-electron chi connectivity index (χ0n) is 11.4. The molecule has 1 N–H and O–H groups in total. The zero-order chi connectivity index (χ0) is 14.4. The van der Waals surface area contributed by atoms with Gasteiger partial charge in [-0.15, -0.1) is 0 Å². The quantitative estimate of drug-likeness (QED) is 0.695. The van der Waals surface area contributed by atoms with Crippen molar-refractivity contribution in [1.29, 1.82) is 0 Å². The number of amides is 2. The molecule has 1 saturated heterocycles. The fraction of sp³-hybridized carbons (Fsp3) is 0.769. The molecule has 1 aliphatic rings. The molecule has 1 heterocycles. The third kappa shape index (κ3) is 4.98. The molecule has 0 aliphatic carbocycles. The Balaban J connectivity index is 2.48. The van der Waals surface area contributed by atoms with E-state index >= 15 is 0 Å². The summed E-state index contributed by atoms with van der Waals surface area (Å²) in [5.74, 6) is -0.914. The smallest absolute Gasteiger partial charge is 0.303 e. The Morgan fingerprint density at radius 1 is 1.26 bits per heavy atom. The minimum atomic E-state index is -0.816. The number of carbonyl (C=O) groups is 3. The number of imide groups is 1. The lowest BCUT2D eigenvalue weighted by Gasteiger charge is -2.28. The van der Waals surface area contributed by atoms with E-state index in [2.05, 4.69) is 0 Å². The standard InChI is InChI=1S/C13H21NO5/c1-9(2)10(3-4-13(17)18)5-6-14-11(15)7-19-8-12(14)16/h9-10H,3-8H2,1-2H3,(H,17,18). The molecule has 0 spiro atoms. The summed E-state index contributed by atoms with van der Waals surface area (Å²) < 4.78 is 4.84. The van der Waals surface area contributed by atoms with Gasteiger partial charge in [0, 0.05) is 13.0 Å². The Kier molecular flexibility index (Phi) is 5.95. The molecular weight excluding hydrogens is 250 g/mol. The van der Waals surface area contributed by atoms with Crippen LogP contribution in [0.4, 0.5) is 0 Å². The van der Waals surface area contributed by atoms with Crippen molar-refractivity contribution in [3.8, 4) is 0 Å². The van der Waals surface area contributed by atoms with Crippen LogP contribution >= 0.6 is 0 Å². The number of morpholine rings is 1. The number of aliphatic carboxylic acids is 1. The zero-order valence-corrected chi connectivity index (χ0v) is 11.4. The number of hydrogen-bond donors (Lipinski definition) is 1. The Hall–Kier alpha value is -1.43. The van der Waals surface area contributed by atoms with Crippen molar-refractivity contribution >= 4 is 17.8 Å². The molecule has 1 unspecified atom stereocenters. The average Bonchev–Trinajstić information content (AvgIpc) is 2.31. The van der Waals surface area contributed by atoms with Crippen molar-refractivity contribution in [2.24, 2.45) is 11.8 Å². The molecular formula is C13H21NO5. The summed E-state index contributed by atoms with van der Waals surface area (Å²) in [6.07, 6.45) is 1.33. The second-order valence-corrected chi connectivity index (χ2v) is 5.16. The summed E-state index contributed by atoms with van der Waals surface area (Å²) in [4.78, 5) is 34.9. The minimum Gasteiger partial charge on any atom is -0.481 e. The van der Waals surface area contributed by atoms with E-state index in [-0.39, 0.29) is 37.4 Å². The highest BCUT2D eigenvalue weighted by molar-refractivity contribution is 5.98. The minimum absolute atomic E-state index is 0.0484. The van der Waals surface area contributed by atoms with Crippen LogP contribution < -0.4 is 0 Å². The van der Waals surface area contributed by atoms with Gasteiger partial charge in [0.1, 0.15) is 13.2 Å². The summed E-state index contributed by atoms with van der Waals surface area (Å²) >= 11 is 0. The predicted molar refractivity (Wildman–Crippen MR) is 67.4 cm³/mol. The van der Waals surface area contributed by atoms with Crippen LogP contribution in [0, 0.1) is 11.8 Å². The molecule has 0 bridgehead atoms. The van der Waals surface area contributed by atoms with Gasteiger partial charge in [0.25, 0.3) is 11.8 Å². The molecule has 6 nitrogen and oxygen atoms in total. The molecule has 1 atom stereocenters. The fourth-order valence-corrected chi connectivity index (χ4v) is 2.18. The van der Waals surface area contributed by atoms with Gasteiger partial charge in [0.15, 0.2) is 0 Å². The molecule has 1 aliphatic heterocycles. The lowest BCUT2D eigenvalue weighted by atomic mass is 9.88. The highest BCUT2D eigenvalue weighted by atomic mass is 16.5. The number of nitrogens with zero attached hydrogens (tertiary/aromatic N) is 1. The van der Waals surface area contributed by atoms with Gasteiger partial charge in [0.2, 0.25) is 0 Å². The predicted octanol–water partition coefficient (Wildman–Crippen LogP) is 0.899. The first kappa shape index (κ1) is 15.6. The van der Waals surface area contributed by atoms with Crippen molar-refractivity contribution in [3.05, 3.63) is 0 Å². The summed E-state index contributed by atoms with van der Waals surface area (Å²) in [6.45, 7) is 4.30. The van der Waals surface area contributed by atoms with Crippen molar-refractivity contribution in [2.75, 3.05) is 19.8 Å². The van der Waals surface area contributed by atoms with Gasteiger partial charge in [-0.25, -0.2) is 0 Å².